The molecule has 0 spiro atoms. The number of fused-ring (bicyclic) bond motifs is 3. The number of ether oxygens (including phenoxy) is 1. The van der Waals surface area contributed by atoms with Gasteiger partial charge in [-0.1, -0.05) is 55.0 Å². The number of carbonyl (C=O) groups is 3. The van der Waals surface area contributed by atoms with E-state index in [4.69, 9.17) is 9.84 Å². The van der Waals surface area contributed by atoms with E-state index >= 15 is 0 Å². The second-order valence-electron chi connectivity index (χ2n) is 8.75. The van der Waals surface area contributed by atoms with Crippen molar-refractivity contribution in [2.75, 3.05) is 26.2 Å². The molecule has 33 heavy (non-hydrogen) atoms. The molecule has 4 rings (SSSR count). The first-order valence-electron chi connectivity index (χ1n) is 11.6. The van der Waals surface area contributed by atoms with Crippen LogP contribution in [0.25, 0.3) is 11.1 Å². The lowest BCUT2D eigenvalue weighted by atomic mass is 9.94. The van der Waals surface area contributed by atoms with Gasteiger partial charge in [-0.3, -0.25) is 9.59 Å². The van der Waals surface area contributed by atoms with Gasteiger partial charge in [0.05, 0.1) is 0 Å². The topological polar surface area (TPSA) is 95.9 Å². The number of amides is 2. The fourth-order valence-corrected chi connectivity index (χ4v) is 5.21. The number of carboxylic acids is 1. The minimum Gasteiger partial charge on any atom is -0.480 e. The number of hydrogen-bond donors (Lipinski definition) is 2. The molecule has 0 aromatic heterocycles. The smallest absolute Gasteiger partial charge is 0.407 e. The van der Waals surface area contributed by atoms with Gasteiger partial charge in [-0.15, -0.1) is 0 Å². The molecule has 0 bridgehead atoms. The van der Waals surface area contributed by atoms with E-state index in [1.807, 2.05) is 24.3 Å². The Balaban J connectivity index is 1.33. The van der Waals surface area contributed by atoms with E-state index in [1.54, 1.807) is 6.92 Å². The van der Waals surface area contributed by atoms with Gasteiger partial charge in [0.1, 0.15) is 13.2 Å². The Morgan fingerprint density at radius 3 is 2.27 bits per heavy atom. The summed E-state index contributed by atoms with van der Waals surface area (Å²) >= 11 is 0. The summed E-state index contributed by atoms with van der Waals surface area (Å²) in [5, 5.41) is 11.9. The molecule has 1 fully saturated rings. The van der Waals surface area contributed by atoms with Crippen LogP contribution in [0.3, 0.4) is 0 Å². The van der Waals surface area contributed by atoms with E-state index in [-0.39, 0.29) is 36.8 Å². The molecule has 2 aromatic rings. The number of aliphatic carboxylic acids is 1. The van der Waals surface area contributed by atoms with E-state index < -0.39 is 12.1 Å². The lowest BCUT2D eigenvalue weighted by Crippen LogP contribution is -2.42. The zero-order chi connectivity index (χ0) is 23.4. The first kappa shape index (κ1) is 22.8. The first-order chi connectivity index (χ1) is 16.0. The average Bonchev–Trinajstić information content (AvgIpc) is 3.42. The van der Waals surface area contributed by atoms with E-state index in [2.05, 4.69) is 29.6 Å². The first-order valence-corrected chi connectivity index (χ1v) is 11.6. The van der Waals surface area contributed by atoms with Gasteiger partial charge in [-0.05, 0) is 47.9 Å². The van der Waals surface area contributed by atoms with Gasteiger partial charge in [0, 0.05) is 24.9 Å². The number of nitrogens with zero attached hydrogens (tertiary/aromatic N) is 1. The summed E-state index contributed by atoms with van der Waals surface area (Å²) in [6.45, 7) is 2.43. The van der Waals surface area contributed by atoms with Crippen molar-refractivity contribution in [1.82, 2.24) is 10.2 Å². The third-order valence-corrected chi connectivity index (χ3v) is 6.85. The fraction of sp³-hybridized carbons (Fsp3) is 0.423. The van der Waals surface area contributed by atoms with Crippen molar-refractivity contribution in [2.45, 2.75) is 32.1 Å². The van der Waals surface area contributed by atoms with Gasteiger partial charge in [0.25, 0.3) is 0 Å². The number of benzene rings is 2. The van der Waals surface area contributed by atoms with E-state index in [9.17, 15) is 14.4 Å². The van der Waals surface area contributed by atoms with Crippen molar-refractivity contribution in [2.24, 2.45) is 11.8 Å². The molecule has 7 nitrogen and oxygen atoms in total. The highest BCUT2D eigenvalue weighted by Gasteiger charge is 2.36. The number of alkyl carbamates (subject to hydrolysis) is 1. The molecule has 2 aromatic carbocycles. The van der Waals surface area contributed by atoms with Crippen molar-refractivity contribution in [3.63, 3.8) is 0 Å². The zero-order valence-corrected chi connectivity index (χ0v) is 18.8. The van der Waals surface area contributed by atoms with Gasteiger partial charge in [-0.2, -0.15) is 0 Å². The van der Waals surface area contributed by atoms with Gasteiger partial charge in [-0.25, -0.2) is 4.79 Å². The van der Waals surface area contributed by atoms with Crippen molar-refractivity contribution < 1.29 is 24.2 Å². The van der Waals surface area contributed by atoms with Crippen molar-refractivity contribution in [3.8, 4) is 11.1 Å². The lowest BCUT2D eigenvalue weighted by molar-refractivity contribution is -0.146. The largest absolute Gasteiger partial charge is 0.480 e. The number of likely N-dealkylation sites (N-methyl/N-ethyl adjacent to an activating group) is 1. The van der Waals surface area contributed by atoms with Crippen LogP contribution in [-0.2, 0) is 14.3 Å². The SMILES string of the molecule is CCN(CC(=O)O)C(=O)C1CCCC1CNC(=O)OCC1c2ccccc2-c2ccccc21. The van der Waals surface area contributed by atoms with Crippen molar-refractivity contribution in [1.29, 1.82) is 0 Å². The normalized spacial score (nSPS) is 18.9. The third-order valence-electron chi connectivity index (χ3n) is 6.85. The van der Waals surface area contributed by atoms with Crippen LogP contribution in [0, 0.1) is 11.8 Å². The lowest BCUT2D eigenvalue weighted by Gasteiger charge is -2.26. The van der Waals surface area contributed by atoms with E-state index in [0.717, 1.165) is 24.0 Å². The molecule has 0 heterocycles. The number of nitrogens with one attached hydrogen (secondary N) is 1. The number of carbonyl (C=O) groups excluding carboxylic acids is 2. The number of rotatable bonds is 8. The Morgan fingerprint density at radius 1 is 1.03 bits per heavy atom. The van der Waals surface area contributed by atoms with Crippen LogP contribution >= 0.6 is 0 Å². The molecule has 2 aliphatic carbocycles. The summed E-state index contributed by atoms with van der Waals surface area (Å²) in [6.07, 6.45) is 1.93. The highest BCUT2D eigenvalue weighted by atomic mass is 16.5. The maximum Gasteiger partial charge on any atom is 0.407 e. The van der Waals surface area contributed by atoms with Crippen LogP contribution in [0.15, 0.2) is 48.5 Å². The van der Waals surface area contributed by atoms with Crippen molar-refractivity contribution >= 4 is 18.0 Å². The minimum atomic E-state index is -1.02. The molecule has 0 saturated heterocycles. The number of hydrogen-bond acceptors (Lipinski definition) is 4. The van der Waals surface area contributed by atoms with Gasteiger partial charge < -0.3 is 20.1 Å². The summed E-state index contributed by atoms with van der Waals surface area (Å²) < 4.78 is 5.59. The highest BCUT2D eigenvalue weighted by molar-refractivity contribution is 5.83. The predicted octanol–water partition coefficient (Wildman–Crippen LogP) is 3.87. The highest BCUT2D eigenvalue weighted by Crippen LogP contribution is 2.44. The summed E-state index contributed by atoms with van der Waals surface area (Å²) in [5.74, 6) is -1.44. The van der Waals surface area contributed by atoms with E-state index in [0.29, 0.717) is 19.5 Å². The Labute approximate surface area is 193 Å². The molecule has 2 aliphatic rings. The van der Waals surface area contributed by atoms with Crippen LogP contribution in [0.4, 0.5) is 4.79 Å². The molecular formula is C26H30N2O5. The Morgan fingerprint density at radius 2 is 1.67 bits per heavy atom. The molecular weight excluding hydrogens is 420 g/mol. The molecule has 2 N–H and O–H groups in total. The fourth-order valence-electron chi connectivity index (χ4n) is 5.21. The predicted molar refractivity (Wildman–Crippen MR) is 124 cm³/mol. The molecule has 7 heteroatoms. The summed E-state index contributed by atoms with van der Waals surface area (Å²) in [6, 6.07) is 16.4. The molecule has 0 radical (unpaired) electrons. The van der Waals surface area contributed by atoms with Crippen LogP contribution in [-0.4, -0.2) is 54.2 Å². The summed E-state index contributed by atoms with van der Waals surface area (Å²) in [7, 11) is 0. The van der Waals surface area contributed by atoms with Crippen LogP contribution in [0.2, 0.25) is 0 Å². The Kier molecular flexibility index (Phi) is 6.96. The van der Waals surface area contributed by atoms with E-state index in [1.165, 1.54) is 16.0 Å². The molecule has 174 valence electrons. The number of carboxylic acid groups (broad SMARTS) is 1. The van der Waals surface area contributed by atoms with Crippen LogP contribution in [0.5, 0.6) is 0 Å². The van der Waals surface area contributed by atoms with Gasteiger partial charge in [0.2, 0.25) is 5.91 Å². The summed E-state index contributed by atoms with van der Waals surface area (Å²) in [4.78, 5) is 37.7. The second kappa shape index (κ2) is 10.1. The van der Waals surface area contributed by atoms with Gasteiger partial charge >= 0.3 is 12.1 Å². The van der Waals surface area contributed by atoms with Crippen LogP contribution in [0.1, 0.15) is 43.2 Å². The Bertz CT molecular complexity index is 991. The molecule has 1 saturated carbocycles. The van der Waals surface area contributed by atoms with Gasteiger partial charge in [0.15, 0.2) is 0 Å². The summed E-state index contributed by atoms with van der Waals surface area (Å²) in [5.41, 5.74) is 4.67. The Hall–Kier alpha value is -3.35. The minimum absolute atomic E-state index is 0.00177. The molecule has 2 atom stereocenters. The van der Waals surface area contributed by atoms with Crippen molar-refractivity contribution in [3.05, 3.63) is 59.7 Å². The zero-order valence-electron chi connectivity index (χ0n) is 18.8. The quantitative estimate of drug-likeness (QED) is 0.636. The maximum absolute atomic E-state index is 12.8. The van der Waals surface area contributed by atoms with Crippen LogP contribution < -0.4 is 5.32 Å². The standard InChI is InChI=1S/C26H30N2O5/c1-2-28(15-24(29)30)25(31)18-13-7-8-17(18)14-27-26(32)33-16-23-21-11-5-3-9-19(21)20-10-4-6-12-22(20)23/h3-6,9-12,17-18,23H,2,7-8,13-16H2,1H3,(H,27,32)(H,29,30). The maximum atomic E-state index is 12.8. The molecule has 2 unspecified atom stereocenters. The molecule has 2 amide bonds. The monoisotopic (exact) mass is 450 g/mol. The third kappa shape index (κ3) is 4.87. The average molecular weight is 451 g/mol. The molecule has 0 aliphatic heterocycles. The second-order valence-corrected chi connectivity index (χ2v) is 8.75.